The molecule has 2 N–H and O–H groups in total. The van der Waals surface area contributed by atoms with Crippen molar-refractivity contribution >= 4 is 0 Å². The molecular formula is C15H24FNO4. The lowest BCUT2D eigenvalue weighted by molar-refractivity contribution is 0.0179. The number of ether oxygens (including phenoxy) is 4. The van der Waals surface area contributed by atoms with Crippen LogP contribution in [-0.2, 0) is 20.6 Å². The van der Waals surface area contributed by atoms with E-state index >= 15 is 0 Å². The largest absolute Gasteiger partial charge is 0.491 e. The van der Waals surface area contributed by atoms with E-state index in [-0.39, 0.29) is 5.82 Å². The van der Waals surface area contributed by atoms with Crippen molar-refractivity contribution in [3.05, 3.63) is 29.6 Å². The van der Waals surface area contributed by atoms with Gasteiger partial charge < -0.3 is 24.7 Å². The van der Waals surface area contributed by atoms with Crippen molar-refractivity contribution in [2.45, 2.75) is 6.42 Å². The molecule has 0 amide bonds. The van der Waals surface area contributed by atoms with Gasteiger partial charge in [-0.1, -0.05) is 0 Å². The molecule has 1 rings (SSSR count). The van der Waals surface area contributed by atoms with Crippen LogP contribution in [0.3, 0.4) is 0 Å². The number of nitrogens with two attached hydrogens (primary N) is 1. The molecule has 0 atom stereocenters. The van der Waals surface area contributed by atoms with Gasteiger partial charge in [-0.15, -0.1) is 0 Å². The maximum Gasteiger partial charge on any atom is 0.127 e. The van der Waals surface area contributed by atoms with Gasteiger partial charge in [0.25, 0.3) is 0 Å². The van der Waals surface area contributed by atoms with Gasteiger partial charge >= 0.3 is 0 Å². The zero-order valence-electron chi connectivity index (χ0n) is 12.5. The summed E-state index contributed by atoms with van der Waals surface area (Å²) < 4.78 is 34.2. The zero-order chi connectivity index (χ0) is 15.3. The lowest BCUT2D eigenvalue weighted by Gasteiger charge is -2.09. The third-order valence-electron chi connectivity index (χ3n) is 2.66. The molecule has 1 aromatic carbocycles. The van der Waals surface area contributed by atoms with Crippen LogP contribution in [0.25, 0.3) is 0 Å². The number of benzene rings is 1. The van der Waals surface area contributed by atoms with Crippen molar-refractivity contribution in [3.8, 4) is 5.75 Å². The predicted octanol–water partition coefficient (Wildman–Crippen LogP) is 1.39. The molecular weight excluding hydrogens is 277 g/mol. The van der Waals surface area contributed by atoms with Crippen LogP contribution < -0.4 is 10.5 Å². The summed E-state index contributed by atoms with van der Waals surface area (Å²) in [4.78, 5) is 0. The summed E-state index contributed by atoms with van der Waals surface area (Å²) in [6.45, 7) is 3.42. The standard InChI is InChI=1S/C15H24FNO4/c1-18-4-5-19-6-7-20-8-9-21-15-11-13(2-3-17)10-14(16)12-15/h10-12H,2-9,17H2,1H3. The van der Waals surface area contributed by atoms with E-state index in [2.05, 4.69) is 0 Å². The van der Waals surface area contributed by atoms with Crippen molar-refractivity contribution < 1.29 is 23.3 Å². The van der Waals surface area contributed by atoms with Gasteiger partial charge in [0.1, 0.15) is 18.2 Å². The predicted molar refractivity (Wildman–Crippen MR) is 78.2 cm³/mol. The maximum absolute atomic E-state index is 13.3. The minimum Gasteiger partial charge on any atom is -0.491 e. The first-order valence-electron chi connectivity index (χ1n) is 7.03. The Kier molecular flexibility index (Phi) is 9.73. The number of hydrogen-bond donors (Lipinski definition) is 1. The summed E-state index contributed by atoms with van der Waals surface area (Å²) in [6.07, 6.45) is 0.628. The molecule has 0 saturated heterocycles. The Morgan fingerprint density at radius 3 is 2.29 bits per heavy atom. The van der Waals surface area contributed by atoms with Crippen LogP contribution in [0.15, 0.2) is 18.2 Å². The smallest absolute Gasteiger partial charge is 0.127 e. The van der Waals surface area contributed by atoms with Crippen LogP contribution in [0.1, 0.15) is 5.56 Å². The third-order valence-corrected chi connectivity index (χ3v) is 2.66. The molecule has 0 heterocycles. The second-order valence-corrected chi connectivity index (χ2v) is 4.40. The average Bonchev–Trinajstić information content (AvgIpc) is 2.45. The van der Waals surface area contributed by atoms with Crippen molar-refractivity contribution in [2.75, 3.05) is 53.3 Å². The van der Waals surface area contributed by atoms with E-state index in [0.29, 0.717) is 58.4 Å². The van der Waals surface area contributed by atoms with Crippen LogP contribution >= 0.6 is 0 Å². The van der Waals surface area contributed by atoms with Gasteiger partial charge in [-0.05, 0) is 30.7 Å². The molecule has 0 aliphatic carbocycles. The number of halogens is 1. The maximum atomic E-state index is 13.3. The van der Waals surface area contributed by atoms with Crippen LogP contribution in [0.4, 0.5) is 4.39 Å². The lowest BCUT2D eigenvalue weighted by atomic mass is 10.1. The monoisotopic (exact) mass is 301 g/mol. The lowest BCUT2D eigenvalue weighted by Crippen LogP contribution is -2.12. The van der Waals surface area contributed by atoms with Crippen molar-refractivity contribution in [2.24, 2.45) is 5.73 Å². The molecule has 0 unspecified atom stereocenters. The molecule has 1 aromatic rings. The van der Waals surface area contributed by atoms with Gasteiger partial charge in [-0.25, -0.2) is 4.39 Å². The first-order chi connectivity index (χ1) is 10.3. The summed E-state index contributed by atoms with van der Waals surface area (Å²) >= 11 is 0. The third kappa shape index (κ3) is 8.62. The van der Waals surface area contributed by atoms with Crippen LogP contribution in [-0.4, -0.2) is 53.3 Å². The van der Waals surface area contributed by atoms with Gasteiger partial charge in [0.15, 0.2) is 0 Å². The highest BCUT2D eigenvalue weighted by atomic mass is 19.1. The van der Waals surface area contributed by atoms with Crippen LogP contribution in [0.5, 0.6) is 5.75 Å². The van der Waals surface area contributed by atoms with E-state index in [4.69, 9.17) is 24.7 Å². The summed E-state index contributed by atoms with van der Waals surface area (Å²) in [6, 6.07) is 4.62. The molecule has 0 aromatic heterocycles. The fraction of sp³-hybridized carbons (Fsp3) is 0.600. The second-order valence-electron chi connectivity index (χ2n) is 4.40. The van der Waals surface area contributed by atoms with Gasteiger partial charge in [0.05, 0.1) is 33.0 Å². The van der Waals surface area contributed by atoms with Gasteiger partial charge in [-0.3, -0.25) is 0 Å². The Balaban J connectivity index is 2.12. The molecule has 0 spiro atoms. The van der Waals surface area contributed by atoms with Crippen LogP contribution in [0, 0.1) is 5.82 Å². The first-order valence-corrected chi connectivity index (χ1v) is 7.03. The topological polar surface area (TPSA) is 62.9 Å². The Morgan fingerprint density at radius 1 is 0.952 bits per heavy atom. The number of rotatable bonds is 12. The summed E-state index contributed by atoms with van der Waals surface area (Å²) in [7, 11) is 1.63. The molecule has 0 aliphatic heterocycles. The number of methoxy groups -OCH3 is 1. The average molecular weight is 301 g/mol. The first kappa shape index (κ1) is 17.8. The van der Waals surface area contributed by atoms with Crippen molar-refractivity contribution in [1.29, 1.82) is 0 Å². The highest BCUT2D eigenvalue weighted by Gasteiger charge is 2.01. The second kappa shape index (κ2) is 11.4. The molecule has 120 valence electrons. The van der Waals surface area contributed by atoms with Crippen molar-refractivity contribution in [1.82, 2.24) is 0 Å². The molecule has 0 aliphatic rings. The van der Waals surface area contributed by atoms with E-state index in [1.54, 1.807) is 13.2 Å². The summed E-state index contributed by atoms with van der Waals surface area (Å²) in [5, 5.41) is 0. The Morgan fingerprint density at radius 2 is 1.62 bits per heavy atom. The van der Waals surface area contributed by atoms with Crippen LogP contribution in [0.2, 0.25) is 0 Å². The van der Waals surface area contributed by atoms with Gasteiger partial charge in [0.2, 0.25) is 0 Å². The molecule has 0 fully saturated rings. The Hall–Kier alpha value is -1.21. The Labute approximate surface area is 125 Å². The summed E-state index contributed by atoms with van der Waals surface area (Å²) in [5.74, 6) is 0.182. The molecule has 5 nitrogen and oxygen atoms in total. The molecule has 0 bridgehead atoms. The molecule has 6 heteroatoms. The fourth-order valence-corrected chi connectivity index (χ4v) is 1.70. The van der Waals surface area contributed by atoms with E-state index < -0.39 is 0 Å². The molecule has 21 heavy (non-hydrogen) atoms. The van der Waals surface area contributed by atoms with E-state index in [1.165, 1.54) is 12.1 Å². The Bertz CT molecular complexity index is 390. The zero-order valence-corrected chi connectivity index (χ0v) is 12.5. The minimum atomic E-state index is -0.316. The minimum absolute atomic E-state index is 0.316. The quantitative estimate of drug-likeness (QED) is 0.591. The van der Waals surface area contributed by atoms with E-state index in [1.807, 2.05) is 0 Å². The van der Waals surface area contributed by atoms with E-state index in [9.17, 15) is 4.39 Å². The SMILES string of the molecule is COCCOCCOCCOc1cc(F)cc(CCN)c1. The van der Waals surface area contributed by atoms with Gasteiger partial charge in [0, 0.05) is 13.2 Å². The highest BCUT2D eigenvalue weighted by molar-refractivity contribution is 5.29. The van der Waals surface area contributed by atoms with Crippen molar-refractivity contribution in [3.63, 3.8) is 0 Å². The fourth-order valence-electron chi connectivity index (χ4n) is 1.70. The number of hydrogen-bond acceptors (Lipinski definition) is 5. The molecule has 0 radical (unpaired) electrons. The normalized spacial score (nSPS) is 10.8. The van der Waals surface area contributed by atoms with Gasteiger partial charge in [-0.2, -0.15) is 0 Å². The molecule has 0 saturated carbocycles. The van der Waals surface area contributed by atoms with E-state index in [0.717, 1.165) is 5.56 Å². The summed E-state index contributed by atoms with van der Waals surface area (Å²) in [5.41, 5.74) is 6.29. The highest BCUT2D eigenvalue weighted by Crippen LogP contribution is 2.16.